The fraction of sp³-hybridized carbons (Fsp3) is 0.214. The second kappa shape index (κ2) is 5.51. The Bertz CT molecular complexity index is 576. The lowest BCUT2D eigenvalue weighted by molar-refractivity contribution is 0.297. The van der Waals surface area contributed by atoms with Crippen molar-refractivity contribution in [2.45, 2.75) is 20.2 Å². The molecule has 0 radical (unpaired) electrons. The monoisotopic (exact) mass is 244 g/mol. The Morgan fingerprint density at radius 1 is 1.22 bits per heavy atom. The second-order valence-electron chi connectivity index (χ2n) is 4.02. The quantitative estimate of drug-likeness (QED) is 0.889. The van der Waals surface area contributed by atoms with E-state index in [1.54, 1.807) is 10.8 Å². The molecule has 0 bridgehead atoms. The van der Waals surface area contributed by atoms with E-state index in [1.807, 2.05) is 37.3 Å². The third-order valence-electron chi connectivity index (χ3n) is 2.81. The van der Waals surface area contributed by atoms with Crippen LogP contribution in [0.25, 0.3) is 0 Å². The van der Waals surface area contributed by atoms with Crippen LogP contribution in [-0.2, 0) is 13.3 Å². The average Bonchev–Trinajstić information content (AvgIpc) is 2.40. The van der Waals surface area contributed by atoms with Crippen molar-refractivity contribution in [1.29, 1.82) is 0 Å². The van der Waals surface area contributed by atoms with Gasteiger partial charge < -0.3 is 15.0 Å². The van der Waals surface area contributed by atoms with Crippen molar-refractivity contribution in [1.82, 2.24) is 4.57 Å². The van der Waals surface area contributed by atoms with E-state index < -0.39 is 0 Å². The lowest BCUT2D eigenvalue weighted by atomic mass is 10.2. The first kappa shape index (κ1) is 12.4. The number of nitrogens with two attached hydrogens (primary N) is 1. The van der Waals surface area contributed by atoms with Gasteiger partial charge in [0.25, 0.3) is 0 Å². The van der Waals surface area contributed by atoms with Gasteiger partial charge in [0, 0.05) is 12.3 Å². The first-order valence-electron chi connectivity index (χ1n) is 5.79. The molecule has 0 unspecified atom stereocenters. The molecule has 0 aliphatic heterocycles. The molecule has 0 saturated carbocycles. The summed E-state index contributed by atoms with van der Waals surface area (Å²) in [7, 11) is 0. The fourth-order valence-corrected chi connectivity index (χ4v) is 1.76. The Morgan fingerprint density at radius 3 is 2.61 bits per heavy atom. The minimum absolute atomic E-state index is 0.117. The standard InChI is InChI=1S/C14H16N2O2/c1-11-14(13(17)7-8-16(11)10-15)18-9-12-5-3-2-4-6-12/h2-8H,9-10,15H2,1H3. The van der Waals surface area contributed by atoms with E-state index in [1.165, 1.54) is 6.07 Å². The van der Waals surface area contributed by atoms with Gasteiger partial charge in [0.2, 0.25) is 5.43 Å². The average molecular weight is 244 g/mol. The van der Waals surface area contributed by atoms with Crippen LogP contribution in [0.1, 0.15) is 11.3 Å². The topological polar surface area (TPSA) is 57.2 Å². The number of aromatic nitrogens is 1. The summed E-state index contributed by atoms with van der Waals surface area (Å²) in [6, 6.07) is 11.2. The molecule has 1 heterocycles. The third-order valence-corrected chi connectivity index (χ3v) is 2.81. The van der Waals surface area contributed by atoms with Crippen molar-refractivity contribution in [3.63, 3.8) is 0 Å². The molecule has 1 aromatic heterocycles. The maximum absolute atomic E-state index is 11.8. The Morgan fingerprint density at radius 2 is 1.94 bits per heavy atom. The lowest BCUT2D eigenvalue weighted by Crippen LogP contribution is -2.17. The largest absolute Gasteiger partial charge is 0.483 e. The SMILES string of the molecule is Cc1c(OCc2ccccc2)c(=O)ccn1CN. The van der Waals surface area contributed by atoms with Crippen molar-refractivity contribution in [2.75, 3.05) is 0 Å². The normalized spacial score (nSPS) is 10.3. The summed E-state index contributed by atoms with van der Waals surface area (Å²) in [4.78, 5) is 11.8. The van der Waals surface area contributed by atoms with E-state index in [0.717, 1.165) is 11.3 Å². The summed E-state index contributed by atoms with van der Waals surface area (Å²) >= 11 is 0. The Labute approximate surface area is 106 Å². The molecule has 0 saturated heterocycles. The summed E-state index contributed by atoms with van der Waals surface area (Å²) < 4.78 is 7.39. The number of rotatable bonds is 4. The van der Waals surface area contributed by atoms with Crippen molar-refractivity contribution in [3.05, 3.63) is 64.1 Å². The molecule has 4 nitrogen and oxygen atoms in total. The molecule has 4 heteroatoms. The predicted molar refractivity (Wildman–Crippen MR) is 70.4 cm³/mol. The van der Waals surface area contributed by atoms with E-state index in [0.29, 0.717) is 19.0 Å². The highest BCUT2D eigenvalue weighted by Crippen LogP contribution is 2.13. The Kier molecular flexibility index (Phi) is 3.79. The van der Waals surface area contributed by atoms with Crippen molar-refractivity contribution in [3.8, 4) is 5.75 Å². The smallest absolute Gasteiger partial charge is 0.223 e. The molecule has 18 heavy (non-hydrogen) atoms. The maximum atomic E-state index is 11.8. The van der Waals surface area contributed by atoms with Crippen molar-refractivity contribution >= 4 is 0 Å². The van der Waals surface area contributed by atoms with Crippen LogP contribution >= 0.6 is 0 Å². The minimum Gasteiger partial charge on any atom is -0.483 e. The molecule has 0 atom stereocenters. The van der Waals surface area contributed by atoms with Crippen LogP contribution in [0.5, 0.6) is 5.75 Å². The molecule has 0 fully saturated rings. The zero-order valence-electron chi connectivity index (χ0n) is 10.3. The van der Waals surface area contributed by atoms with Crippen molar-refractivity contribution < 1.29 is 4.74 Å². The highest BCUT2D eigenvalue weighted by atomic mass is 16.5. The molecule has 1 aromatic carbocycles. The van der Waals surface area contributed by atoms with Crippen LogP contribution in [0.4, 0.5) is 0 Å². The van der Waals surface area contributed by atoms with Gasteiger partial charge in [0.15, 0.2) is 5.75 Å². The fourth-order valence-electron chi connectivity index (χ4n) is 1.76. The molecular weight excluding hydrogens is 228 g/mol. The third kappa shape index (κ3) is 2.60. The van der Waals surface area contributed by atoms with E-state index in [4.69, 9.17) is 10.5 Å². The van der Waals surface area contributed by atoms with E-state index in [9.17, 15) is 4.79 Å². The van der Waals surface area contributed by atoms with E-state index in [2.05, 4.69) is 0 Å². The van der Waals surface area contributed by atoms with Gasteiger partial charge in [-0.15, -0.1) is 0 Å². The van der Waals surface area contributed by atoms with Gasteiger partial charge in [-0.1, -0.05) is 30.3 Å². The zero-order valence-corrected chi connectivity index (χ0v) is 10.3. The number of hydrogen-bond acceptors (Lipinski definition) is 3. The molecule has 0 spiro atoms. The first-order chi connectivity index (χ1) is 8.72. The van der Waals surface area contributed by atoms with Crippen molar-refractivity contribution in [2.24, 2.45) is 5.73 Å². The number of benzene rings is 1. The highest BCUT2D eigenvalue weighted by Gasteiger charge is 2.07. The van der Waals surface area contributed by atoms with Gasteiger partial charge in [-0.2, -0.15) is 0 Å². The number of hydrogen-bond donors (Lipinski definition) is 1. The summed E-state index contributed by atoms with van der Waals surface area (Å²) in [5, 5.41) is 0. The number of pyridine rings is 1. The number of ether oxygens (including phenoxy) is 1. The van der Waals surface area contributed by atoms with Gasteiger partial charge in [-0.25, -0.2) is 0 Å². The first-order valence-corrected chi connectivity index (χ1v) is 5.79. The van der Waals surface area contributed by atoms with E-state index in [-0.39, 0.29) is 5.43 Å². The maximum Gasteiger partial charge on any atom is 0.223 e. The molecule has 94 valence electrons. The van der Waals surface area contributed by atoms with Crippen LogP contribution < -0.4 is 15.9 Å². The molecule has 0 aliphatic rings. The van der Waals surface area contributed by atoms with Crippen LogP contribution in [0.15, 0.2) is 47.4 Å². The predicted octanol–water partition coefficient (Wildman–Crippen LogP) is 1.65. The van der Waals surface area contributed by atoms with Crippen LogP contribution in [0, 0.1) is 6.92 Å². The molecule has 2 N–H and O–H groups in total. The number of nitrogens with zero attached hydrogens (tertiary/aromatic N) is 1. The molecule has 0 aliphatic carbocycles. The summed E-state index contributed by atoms with van der Waals surface area (Å²) in [5.74, 6) is 0.367. The Balaban J connectivity index is 2.22. The Hall–Kier alpha value is -2.07. The molecular formula is C14H16N2O2. The highest BCUT2D eigenvalue weighted by molar-refractivity contribution is 5.27. The van der Waals surface area contributed by atoms with E-state index >= 15 is 0 Å². The van der Waals surface area contributed by atoms with Gasteiger partial charge >= 0.3 is 0 Å². The minimum atomic E-state index is -0.117. The lowest BCUT2D eigenvalue weighted by Gasteiger charge is -2.13. The van der Waals surface area contributed by atoms with Crippen LogP contribution in [-0.4, -0.2) is 4.57 Å². The van der Waals surface area contributed by atoms with Crippen LogP contribution in [0.3, 0.4) is 0 Å². The van der Waals surface area contributed by atoms with Gasteiger partial charge in [0.05, 0.1) is 12.4 Å². The summed E-state index contributed by atoms with van der Waals surface area (Å²) in [6.45, 7) is 2.54. The summed E-state index contributed by atoms with van der Waals surface area (Å²) in [5.41, 5.74) is 7.24. The molecule has 2 rings (SSSR count). The molecule has 2 aromatic rings. The zero-order chi connectivity index (χ0) is 13.0. The second-order valence-corrected chi connectivity index (χ2v) is 4.02. The van der Waals surface area contributed by atoms with Gasteiger partial charge in [-0.05, 0) is 12.5 Å². The molecule has 0 amide bonds. The van der Waals surface area contributed by atoms with Gasteiger partial charge in [0.1, 0.15) is 6.61 Å². The summed E-state index contributed by atoms with van der Waals surface area (Å²) in [6.07, 6.45) is 1.67. The van der Waals surface area contributed by atoms with Crippen LogP contribution in [0.2, 0.25) is 0 Å². The van der Waals surface area contributed by atoms with Gasteiger partial charge in [-0.3, -0.25) is 4.79 Å².